The normalized spacial score (nSPS) is 11.8. The zero-order valence-corrected chi connectivity index (χ0v) is 11.0. The van der Waals surface area contributed by atoms with E-state index in [0.717, 1.165) is 12.1 Å². The summed E-state index contributed by atoms with van der Waals surface area (Å²) < 4.78 is 27.5. The van der Waals surface area contributed by atoms with E-state index in [1.165, 1.54) is 19.0 Å². The Kier molecular flexibility index (Phi) is 4.97. The minimum absolute atomic E-state index is 0.0634. The summed E-state index contributed by atoms with van der Waals surface area (Å²) in [4.78, 5) is 23.2. The van der Waals surface area contributed by atoms with Crippen LogP contribution in [-0.2, 0) is 4.79 Å². The highest BCUT2D eigenvalue weighted by Crippen LogP contribution is 2.24. The van der Waals surface area contributed by atoms with Crippen LogP contribution in [-0.4, -0.2) is 32.8 Å². The quantitative estimate of drug-likeness (QED) is 0.827. The summed E-state index contributed by atoms with van der Waals surface area (Å²) in [5, 5.41) is 2.47. The Hall–Kier alpha value is -1.98. The number of hydrogen-bond acceptors (Lipinski definition) is 3. The molecule has 0 aliphatic carbocycles. The fourth-order valence-electron chi connectivity index (χ4n) is 1.85. The lowest BCUT2D eigenvalue weighted by atomic mass is 10.1. The predicted molar refractivity (Wildman–Crippen MR) is 68.2 cm³/mol. The molecule has 1 unspecified atom stereocenters. The fraction of sp³-hybridized carbons (Fsp3) is 0.385. The molecule has 1 rings (SSSR count). The van der Waals surface area contributed by atoms with Crippen LogP contribution in [0.5, 0.6) is 0 Å². The average Bonchev–Trinajstić information content (AvgIpc) is 2.36. The van der Waals surface area contributed by atoms with E-state index in [2.05, 4.69) is 5.32 Å². The second-order valence-corrected chi connectivity index (χ2v) is 4.35. The van der Waals surface area contributed by atoms with Crippen LogP contribution in [0.25, 0.3) is 0 Å². The first-order valence-corrected chi connectivity index (χ1v) is 5.77. The molecule has 1 amide bonds. The third kappa shape index (κ3) is 3.49. The van der Waals surface area contributed by atoms with Gasteiger partial charge in [-0.1, -0.05) is 6.92 Å². The molecule has 19 heavy (non-hydrogen) atoms. The molecule has 1 aromatic carbocycles. The van der Waals surface area contributed by atoms with E-state index in [-0.39, 0.29) is 23.7 Å². The molecule has 0 aromatic heterocycles. The summed E-state index contributed by atoms with van der Waals surface area (Å²) in [6, 6.07) is 1.93. The Balaban J connectivity index is 2.97. The molecular weight excluding hydrogens is 254 g/mol. The first-order valence-electron chi connectivity index (χ1n) is 5.77. The average molecular weight is 270 g/mol. The van der Waals surface area contributed by atoms with Crippen molar-refractivity contribution in [3.8, 4) is 0 Å². The van der Waals surface area contributed by atoms with Gasteiger partial charge in [0.25, 0.3) is 0 Å². The molecule has 0 spiro atoms. The lowest BCUT2D eigenvalue weighted by Gasteiger charge is -2.23. The van der Waals surface area contributed by atoms with Gasteiger partial charge in [0.05, 0.1) is 5.92 Å². The SMILES string of the molecule is CNC(=O)C(C)CN(C)c1c(F)cc(C=O)cc1F. The molecule has 0 saturated carbocycles. The summed E-state index contributed by atoms with van der Waals surface area (Å²) in [5.74, 6) is -2.28. The van der Waals surface area contributed by atoms with Crippen LogP contribution in [0.15, 0.2) is 12.1 Å². The summed E-state index contributed by atoms with van der Waals surface area (Å²) >= 11 is 0. The lowest BCUT2D eigenvalue weighted by molar-refractivity contribution is -0.123. The highest BCUT2D eigenvalue weighted by molar-refractivity contribution is 5.79. The zero-order chi connectivity index (χ0) is 14.6. The number of anilines is 1. The molecule has 0 fully saturated rings. The molecule has 0 aliphatic heterocycles. The van der Waals surface area contributed by atoms with Crippen LogP contribution >= 0.6 is 0 Å². The maximum atomic E-state index is 13.7. The summed E-state index contributed by atoms with van der Waals surface area (Å²) in [5.41, 5.74) is -0.312. The fourth-order valence-corrected chi connectivity index (χ4v) is 1.85. The van der Waals surface area contributed by atoms with Gasteiger partial charge in [0.1, 0.15) is 23.6 Å². The van der Waals surface area contributed by atoms with Crippen LogP contribution in [0.4, 0.5) is 14.5 Å². The van der Waals surface area contributed by atoms with Crippen molar-refractivity contribution >= 4 is 17.9 Å². The second kappa shape index (κ2) is 6.26. The number of nitrogens with one attached hydrogen (secondary N) is 1. The minimum Gasteiger partial charge on any atom is -0.369 e. The Labute approximate surface area is 110 Å². The number of nitrogens with zero attached hydrogens (tertiary/aromatic N) is 1. The van der Waals surface area contributed by atoms with Crippen LogP contribution in [0.2, 0.25) is 0 Å². The standard InChI is InChI=1S/C13H16F2N2O2/c1-8(13(19)16-2)6-17(3)12-10(14)4-9(7-18)5-11(12)15/h4-5,7-8H,6H2,1-3H3,(H,16,19). The van der Waals surface area contributed by atoms with Gasteiger partial charge >= 0.3 is 0 Å². The number of hydrogen-bond donors (Lipinski definition) is 1. The smallest absolute Gasteiger partial charge is 0.224 e. The Morgan fingerprint density at radius 2 is 1.95 bits per heavy atom. The van der Waals surface area contributed by atoms with Gasteiger partial charge in [-0.15, -0.1) is 0 Å². The molecule has 6 heteroatoms. The van der Waals surface area contributed by atoms with Gasteiger partial charge in [-0.05, 0) is 12.1 Å². The van der Waals surface area contributed by atoms with E-state index in [4.69, 9.17) is 0 Å². The zero-order valence-electron chi connectivity index (χ0n) is 11.0. The van der Waals surface area contributed by atoms with Gasteiger partial charge in [0.15, 0.2) is 0 Å². The molecule has 1 atom stereocenters. The van der Waals surface area contributed by atoms with Gasteiger partial charge in [-0.2, -0.15) is 0 Å². The molecule has 1 aromatic rings. The molecule has 104 valence electrons. The molecule has 0 saturated heterocycles. The highest BCUT2D eigenvalue weighted by Gasteiger charge is 2.19. The van der Waals surface area contributed by atoms with E-state index in [9.17, 15) is 18.4 Å². The number of halogens is 2. The first-order chi connectivity index (χ1) is 8.90. The first kappa shape index (κ1) is 15.1. The van der Waals surface area contributed by atoms with Crippen LogP contribution in [0, 0.1) is 17.6 Å². The molecule has 0 heterocycles. The number of amides is 1. The largest absolute Gasteiger partial charge is 0.369 e. The van der Waals surface area contributed by atoms with Crippen molar-refractivity contribution < 1.29 is 18.4 Å². The molecule has 1 N–H and O–H groups in total. The maximum Gasteiger partial charge on any atom is 0.224 e. The van der Waals surface area contributed by atoms with Gasteiger partial charge in [0.2, 0.25) is 5.91 Å². The van der Waals surface area contributed by atoms with E-state index < -0.39 is 17.6 Å². The van der Waals surface area contributed by atoms with Gasteiger partial charge < -0.3 is 10.2 Å². The Bertz CT molecular complexity index is 469. The van der Waals surface area contributed by atoms with Crippen molar-refractivity contribution in [2.24, 2.45) is 5.92 Å². The number of carbonyl (C=O) groups is 2. The third-order valence-electron chi connectivity index (χ3n) is 2.80. The van der Waals surface area contributed by atoms with Gasteiger partial charge in [0, 0.05) is 26.2 Å². The molecular formula is C13H16F2N2O2. The maximum absolute atomic E-state index is 13.7. The molecule has 0 aliphatic rings. The van der Waals surface area contributed by atoms with E-state index in [1.807, 2.05) is 0 Å². The summed E-state index contributed by atoms with van der Waals surface area (Å²) in [7, 11) is 2.99. The third-order valence-corrected chi connectivity index (χ3v) is 2.80. The topological polar surface area (TPSA) is 49.4 Å². The van der Waals surface area contributed by atoms with Crippen molar-refractivity contribution in [2.75, 3.05) is 25.5 Å². The molecule has 0 radical (unpaired) electrons. The van der Waals surface area contributed by atoms with Crippen LogP contribution in [0.1, 0.15) is 17.3 Å². The Morgan fingerprint density at radius 1 is 1.42 bits per heavy atom. The van der Waals surface area contributed by atoms with Crippen molar-refractivity contribution in [3.05, 3.63) is 29.3 Å². The number of aldehydes is 1. The van der Waals surface area contributed by atoms with Crippen molar-refractivity contribution in [1.29, 1.82) is 0 Å². The van der Waals surface area contributed by atoms with E-state index >= 15 is 0 Å². The van der Waals surface area contributed by atoms with Gasteiger partial charge in [-0.3, -0.25) is 9.59 Å². The van der Waals surface area contributed by atoms with Crippen molar-refractivity contribution in [3.63, 3.8) is 0 Å². The Morgan fingerprint density at radius 3 is 2.37 bits per heavy atom. The van der Waals surface area contributed by atoms with Crippen LogP contribution < -0.4 is 10.2 Å². The molecule has 4 nitrogen and oxygen atoms in total. The predicted octanol–water partition coefficient (Wildman–Crippen LogP) is 1.60. The number of carbonyl (C=O) groups excluding carboxylic acids is 2. The number of rotatable bonds is 5. The molecule has 0 bridgehead atoms. The van der Waals surface area contributed by atoms with Crippen molar-refractivity contribution in [1.82, 2.24) is 5.32 Å². The van der Waals surface area contributed by atoms with E-state index in [1.54, 1.807) is 6.92 Å². The summed E-state index contributed by atoms with van der Waals surface area (Å²) in [6.45, 7) is 1.82. The minimum atomic E-state index is -0.825. The highest BCUT2D eigenvalue weighted by atomic mass is 19.1. The summed E-state index contributed by atoms with van der Waals surface area (Å²) in [6.07, 6.45) is 0.378. The lowest BCUT2D eigenvalue weighted by Crippen LogP contribution is -2.35. The van der Waals surface area contributed by atoms with Crippen molar-refractivity contribution in [2.45, 2.75) is 6.92 Å². The second-order valence-electron chi connectivity index (χ2n) is 4.35. The van der Waals surface area contributed by atoms with Crippen LogP contribution in [0.3, 0.4) is 0 Å². The van der Waals surface area contributed by atoms with E-state index in [0.29, 0.717) is 6.29 Å². The monoisotopic (exact) mass is 270 g/mol. The van der Waals surface area contributed by atoms with Gasteiger partial charge in [-0.25, -0.2) is 8.78 Å². The number of benzene rings is 1.